The second-order valence-electron chi connectivity index (χ2n) is 5.95. The van der Waals surface area contributed by atoms with Gasteiger partial charge in [-0.3, -0.25) is 9.69 Å². The summed E-state index contributed by atoms with van der Waals surface area (Å²) in [5.74, 6) is 0.396. The van der Waals surface area contributed by atoms with Crippen molar-refractivity contribution in [2.75, 3.05) is 24.6 Å². The second-order valence-corrected chi connectivity index (χ2v) is 6.39. The van der Waals surface area contributed by atoms with Crippen LogP contribution in [0.3, 0.4) is 0 Å². The molecular weight excluding hydrogens is 356 g/mol. The highest BCUT2D eigenvalue weighted by atomic mass is 35.5. The number of carbonyl (C=O) groups excluding carboxylic acids is 2. The van der Waals surface area contributed by atoms with E-state index in [4.69, 9.17) is 21.1 Å². The molecule has 0 radical (unpaired) electrons. The molecule has 1 fully saturated rings. The molecule has 1 atom stereocenters. The van der Waals surface area contributed by atoms with Crippen molar-refractivity contribution in [1.82, 2.24) is 5.32 Å². The number of nitrogens with one attached hydrogen (secondary N) is 1. The summed E-state index contributed by atoms with van der Waals surface area (Å²) in [6, 6.07) is 14.5. The first-order valence-electron chi connectivity index (χ1n) is 8.22. The molecule has 3 rings (SSSR count). The van der Waals surface area contributed by atoms with Crippen molar-refractivity contribution < 1.29 is 19.1 Å². The number of anilines is 1. The fraction of sp³-hybridized carbons (Fsp3) is 0.263. The van der Waals surface area contributed by atoms with Crippen LogP contribution in [0.1, 0.15) is 5.56 Å². The number of aryl methyl sites for hydroxylation is 1. The first-order valence-corrected chi connectivity index (χ1v) is 8.59. The third kappa shape index (κ3) is 4.46. The Bertz CT molecular complexity index is 812. The lowest BCUT2D eigenvalue weighted by Gasteiger charge is -2.13. The van der Waals surface area contributed by atoms with Crippen LogP contribution in [-0.2, 0) is 9.53 Å². The lowest BCUT2D eigenvalue weighted by atomic mass is 10.2. The van der Waals surface area contributed by atoms with E-state index >= 15 is 0 Å². The number of amides is 2. The van der Waals surface area contributed by atoms with Gasteiger partial charge < -0.3 is 14.8 Å². The van der Waals surface area contributed by atoms with Crippen molar-refractivity contribution in [3.05, 3.63) is 59.1 Å². The van der Waals surface area contributed by atoms with Crippen molar-refractivity contribution in [3.63, 3.8) is 0 Å². The van der Waals surface area contributed by atoms with Crippen LogP contribution in [0, 0.1) is 6.92 Å². The van der Waals surface area contributed by atoms with Gasteiger partial charge in [0.1, 0.15) is 11.9 Å². The SMILES string of the molecule is Cc1ccccc1OCC(=O)NCC1CN(c2cccc(Cl)c2)C(=O)O1. The third-order valence-electron chi connectivity index (χ3n) is 3.97. The van der Waals surface area contributed by atoms with Crippen LogP contribution in [0.5, 0.6) is 5.75 Å². The third-order valence-corrected chi connectivity index (χ3v) is 4.21. The second kappa shape index (κ2) is 8.10. The average molecular weight is 375 g/mol. The van der Waals surface area contributed by atoms with Gasteiger partial charge >= 0.3 is 6.09 Å². The lowest BCUT2D eigenvalue weighted by Crippen LogP contribution is -2.37. The van der Waals surface area contributed by atoms with Crippen LogP contribution in [-0.4, -0.2) is 37.8 Å². The molecule has 26 heavy (non-hydrogen) atoms. The molecule has 136 valence electrons. The molecule has 0 aromatic heterocycles. The predicted octanol–water partition coefficient (Wildman–Crippen LogP) is 3.17. The number of nitrogens with zero attached hydrogens (tertiary/aromatic N) is 1. The van der Waals surface area contributed by atoms with Crippen LogP contribution in [0.25, 0.3) is 0 Å². The zero-order valence-electron chi connectivity index (χ0n) is 14.3. The molecule has 1 aliphatic rings. The summed E-state index contributed by atoms with van der Waals surface area (Å²) in [7, 11) is 0. The quantitative estimate of drug-likeness (QED) is 0.843. The van der Waals surface area contributed by atoms with E-state index in [2.05, 4.69) is 5.32 Å². The van der Waals surface area contributed by atoms with E-state index < -0.39 is 12.2 Å². The summed E-state index contributed by atoms with van der Waals surface area (Å²) < 4.78 is 10.8. The Morgan fingerprint density at radius 1 is 1.31 bits per heavy atom. The number of hydrogen-bond donors (Lipinski definition) is 1. The molecular formula is C19H19ClN2O4. The van der Waals surface area contributed by atoms with Gasteiger partial charge in [0.15, 0.2) is 6.61 Å². The summed E-state index contributed by atoms with van der Waals surface area (Å²) in [4.78, 5) is 25.5. The minimum atomic E-state index is -0.456. The Morgan fingerprint density at radius 2 is 2.12 bits per heavy atom. The molecule has 1 aliphatic heterocycles. The zero-order valence-corrected chi connectivity index (χ0v) is 15.0. The van der Waals surface area contributed by atoms with Gasteiger partial charge in [0, 0.05) is 10.7 Å². The fourth-order valence-corrected chi connectivity index (χ4v) is 2.81. The summed E-state index contributed by atoms with van der Waals surface area (Å²) >= 11 is 5.96. The molecule has 6 nitrogen and oxygen atoms in total. The highest BCUT2D eigenvalue weighted by molar-refractivity contribution is 6.30. The van der Waals surface area contributed by atoms with Gasteiger partial charge in [0.25, 0.3) is 5.91 Å². The first-order chi connectivity index (χ1) is 12.5. The van der Waals surface area contributed by atoms with Gasteiger partial charge in [-0.05, 0) is 36.8 Å². The van der Waals surface area contributed by atoms with E-state index in [0.29, 0.717) is 23.0 Å². The molecule has 0 spiro atoms. The molecule has 2 aromatic carbocycles. The number of carbonyl (C=O) groups is 2. The van der Waals surface area contributed by atoms with Crippen LogP contribution >= 0.6 is 11.6 Å². The van der Waals surface area contributed by atoms with Crippen molar-refractivity contribution in [2.45, 2.75) is 13.0 Å². The maximum Gasteiger partial charge on any atom is 0.414 e. The van der Waals surface area contributed by atoms with Crippen molar-refractivity contribution in [1.29, 1.82) is 0 Å². The van der Waals surface area contributed by atoms with E-state index in [1.165, 1.54) is 4.90 Å². The van der Waals surface area contributed by atoms with Crippen molar-refractivity contribution in [3.8, 4) is 5.75 Å². The average Bonchev–Trinajstić information content (AvgIpc) is 3.00. The number of benzene rings is 2. The number of ether oxygens (including phenoxy) is 2. The Morgan fingerprint density at radius 3 is 2.88 bits per heavy atom. The summed E-state index contributed by atoms with van der Waals surface area (Å²) in [5.41, 5.74) is 1.63. The molecule has 1 N–H and O–H groups in total. The number of halogens is 1. The monoisotopic (exact) mass is 374 g/mol. The van der Waals surface area contributed by atoms with Crippen LogP contribution in [0.4, 0.5) is 10.5 Å². The molecule has 1 saturated heterocycles. The molecule has 0 aliphatic carbocycles. The Kier molecular flexibility index (Phi) is 5.63. The number of rotatable bonds is 6. The molecule has 0 bridgehead atoms. The van der Waals surface area contributed by atoms with E-state index in [1.54, 1.807) is 24.3 Å². The van der Waals surface area contributed by atoms with E-state index in [0.717, 1.165) is 5.56 Å². The van der Waals surface area contributed by atoms with Gasteiger partial charge in [-0.2, -0.15) is 0 Å². The van der Waals surface area contributed by atoms with Crippen molar-refractivity contribution >= 4 is 29.3 Å². The molecule has 0 saturated carbocycles. The van der Waals surface area contributed by atoms with E-state index in [9.17, 15) is 9.59 Å². The number of para-hydroxylation sites is 1. The van der Waals surface area contributed by atoms with Gasteiger partial charge in [0.05, 0.1) is 13.1 Å². The highest BCUT2D eigenvalue weighted by Crippen LogP contribution is 2.24. The van der Waals surface area contributed by atoms with Gasteiger partial charge in [-0.25, -0.2) is 4.79 Å². The number of cyclic esters (lactones) is 1. The van der Waals surface area contributed by atoms with Crippen LogP contribution in [0.2, 0.25) is 5.02 Å². The molecule has 2 aromatic rings. The standard InChI is InChI=1S/C19H19ClN2O4/c1-13-5-2-3-8-17(13)25-12-18(23)21-10-16-11-22(19(24)26-16)15-7-4-6-14(20)9-15/h2-9,16H,10-12H2,1H3,(H,21,23). The van der Waals surface area contributed by atoms with Gasteiger partial charge in [-0.15, -0.1) is 0 Å². The Labute approximate surface area is 156 Å². The van der Waals surface area contributed by atoms with Gasteiger partial charge in [0.2, 0.25) is 0 Å². The topological polar surface area (TPSA) is 67.9 Å². The summed E-state index contributed by atoms with van der Waals surface area (Å²) in [5, 5.41) is 3.27. The fourth-order valence-electron chi connectivity index (χ4n) is 2.62. The minimum absolute atomic E-state index is 0.0937. The zero-order chi connectivity index (χ0) is 18.5. The minimum Gasteiger partial charge on any atom is -0.484 e. The van der Waals surface area contributed by atoms with E-state index in [-0.39, 0.29) is 19.1 Å². The smallest absolute Gasteiger partial charge is 0.414 e. The highest BCUT2D eigenvalue weighted by Gasteiger charge is 2.32. The van der Waals surface area contributed by atoms with Gasteiger partial charge in [-0.1, -0.05) is 35.9 Å². The summed E-state index contributed by atoms with van der Waals surface area (Å²) in [6.07, 6.45) is -0.883. The molecule has 1 unspecified atom stereocenters. The Balaban J connectivity index is 1.47. The predicted molar refractivity (Wildman–Crippen MR) is 98.8 cm³/mol. The van der Waals surface area contributed by atoms with Crippen molar-refractivity contribution in [2.24, 2.45) is 0 Å². The largest absolute Gasteiger partial charge is 0.484 e. The van der Waals surface area contributed by atoms with Crippen LogP contribution < -0.4 is 15.0 Å². The molecule has 1 heterocycles. The number of hydrogen-bond acceptors (Lipinski definition) is 4. The summed E-state index contributed by atoms with van der Waals surface area (Å²) in [6.45, 7) is 2.38. The Hall–Kier alpha value is -2.73. The first kappa shape index (κ1) is 18.1. The van der Waals surface area contributed by atoms with E-state index in [1.807, 2.05) is 31.2 Å². The maximum atomic E-state index is 12.0. The normalized spacial score (nSPS) is 16.3. The molecule has 2 amide bonds. The lowest BCUT2D eigenvalue weighted by molar-refractivity contribution is -0.123. The maximum absolute atomic E-state index is 12.0. The molecule has 7 heteroatoms. The van der Waals surface area contributed by atoms with Crippen LogP contribution in [0.15, 0.2) is 48.5 Å².